The first-order valence-corrected chi connectivity index (χ1v) is 13.3. The van der Waals surface area contributed by atoms with Crippen molar-refractivity contribution in [3.63, 3.8) is 0 Å². The number of aromatic amines is 1. The molecule has 2 aromatic carbocycles. The van der Waals surface area contributed by atoms with Crippen molar-refractivity contribution in [2.45, 2.75) is 26.8 Å². The molecule has 0 bridgehead atoms. The minimum atomic E-state index is -1.22. The van der Waals surface area contributed by atoms with Crippen molar-refractivity contribution >= 4 is 41.3 Å². The van der Waals surface area contributed by atoms with Gasteiger partial charge in [-0.3, -0.25) is 19.7 Å². The van der Waals surface area contributed by atoms with Crippen molar-refractivity contribution in [3.05, 3.63) is 87.6 Å². The predicted octanol–water partition coefficient (Wildman–Crippen LogP) is 3.19. The Labute approximate surface area is 250 Å². The molecule has 3 amide bonds. The Morgan fingerprint density at radius 3 is 2.51 bits per heavy atom. The lowest BCUT2D eigenvalue weighted by molar-refractivity contribution is -0.128. The molecule has 43 heavy (non-hydrogen) atoms. The number of hydrogen-bond acceptors (Lipinski definition) is 8. The first kappa shape index (κ1) is 30.6. The Kier molecular flexibility index (Phi) is 9.30. The van der Waals surface area contributed by atoms with Crippen molar-refractivity contribution in [2.24, 2.45) is 5.41 Å². The molecule has 222 valence electrons. The van der Waals surface area contributed by atoms with E-state index in [-0.39, 0.29) is 23.7 Å². The molecule has 0 aliphatic heterocycles. The Morgan fingerprint density at radius 1 is 1.12 bits per heavy atom. The van der Waals surface area contributed by atoms with Gasteiger partial charge in [-0.2, -0.15) is 9.78 Å². The molecular formula is C28H28ClN9O5. The van der Waals surface area contributed by atoms with Crippen molar-refractivity contribution in [3.8, 4) is 16.8 Å². The van der Waals surface area contributed by atoms with Gasteiger partial charge in [0.1, 0.15) is 6.33 Å². The van der Waals surface area contributed by atoms with Gasteiger partial charge in [0, 0.05) is 34.3 Å². The van der Waals surface area contributed by atoms with Gasteiger partial charge in [-0.15, -0.1) is 5.10 Å². The molecule has 0 radical (unpaired) electrons. The van der Waals surface area contributed by atoms with Gasteiger partial charge >= 0.3 is 6.09 Å². The van der Waals surface area contributed by atoms with Gasteiger partial charge in [0.2, 0.25) is 11.8 Å². The Bertz CT molecular complexity index is 1710. The average Bonchev–Trinajstić information content (AvgIpc) is 3.49. The average molecular weight is 606 g/mol. The highest BCUT2D eigenvalue weighted by Gasteiger charge is 2.24. The molecule has 2 heterocycles. The number of carbonyl (C=O) groups excluding carboxylic acids is 2. The molecule has 0 aliphatic carbocycles. The number of tetrazole rings is 1. The number of carbonyl (C=O) groups is 3. The number of benzene rings is 2. The van der Waals surface area contributed by atoms with Crippen LogP contribution < -0.4 is 21.5 Å². The number of halogens is 1. The quantitative estimate of drug-likeness (QED) is 0.178. The first-order chi connectivity index (χ1) is 20.4. The Morgan fingerprint density at radius 2 is 1.86 bits per heavy atom. The third-order valence-electron chi connectivity index (χ3n) is 6.09. The second kappa shape index (κ2) is 13.1. The van der Waals surface area contributed by atoms with Gasteiger partial charge in [0.05, 0.1) is 23.0 Å². The van der Waals surface area contributed by atoms with Crippen LogP contribution in [0, 0.1) is 5.41 Å². The maximum absolute atomic E-state index is 13.1. The molecule has 15 heteroatoms. The van der Waals surface area contributed by atoms with Crippen LogP contribution in [-0.2, 0) is 9.59 Å². The van der Waals surface area contributed by atoms with Gasteiger partial charge in [-0.1, -0.05) is 44.5 Å². The van der Waals surface area contributed by atoms with Crippen molar-refractivity contribution in [2.75, 3.05) is 11.9 Å². The standard InChI is InChI=1S/C28H28ClN9O5/c1-28(2,3)26(41)30-14-22(21-13-20(25(40)35-34-21)16-4-8-19(9-5-16)32-27(42)43)33-24(39)11-6-17-12-18(29)7-10-23(17)38-15-31-36-37-38/h4-13,15,22,32H,14H2,1-3H3,(H,30,41)(H,33,39)(H,35,40)(H,42,43). The molecule has 4 rings (SSSR count). The number of anilines is 1. The molecule has 0 spiro atoms. The van der Waals surface area contributed by atoms with E-state index in [1.165, 1.54) is 35.3 Å². The highest BCUT2D eigenvalue weighted by molar-refractivity contribution is 6.30. The lowest BCUT2D eigenvalue weighted by Crippen LogP contribution is -2.42. The van der Waals surface area contributed by atoms with Crippen LogP contribution in [-0.4, -0.2) is 60.0 Å². The Balaban J connectivity index is 1.62. The van der Waals surface area contributed by atoms with Gasteiger partial charge in [0.15, 0.2) is 0 Å². The monoisotopic (exact) mass is 605 g/mol. The van der Waals surface area contributed by atoms with E-state index in [4.69, 9.17) is 16.7 Å². The smallest absolute Gasteiger partial charge is 0.409 e. The molecule has 0 aliphatic rings. The van der Waals surface area contributed by atoms with Gasteiger partial charge < -0.3 is 15.7 Å². The summed E-state index contributed by atoms with van der Waals surface area (Å²) >= 11 is 6.17. The molecule has 1 unspecified atom stereocenters. The minimum Gasteiger partial charge on any atom is -0.465 e. The lowest BCUT2D eigenvalue weighted by atomic mass is 9.95. The minimum absolute atomic E-state index is 0.0251. The highest BCUT2D eigenvalue weighted by Crippen LogP contribution is 2.22. The summed E-state index contributed by atoms with van der Waals surface area (Å²) in [4.78, 5) is 49.3. The Hall–Kier alpha value is -5.37. The number of rotatable bonds is 9. The normalized spacial score (nSPS) is 12.1. The molecule has 0 saturated heterocycles. The maximum atomic E-state index is 13.1. The largest absolute Gasteiger partial charge is 0.465 e. The topological polar surface area (TPSA) is 197 Å². The van der Waals surface area contributed by atoms with E-state index in [1.807, 2.05) is 0 Å². The van der Waals surface area contributed by atoms with Crippen molar-refractivity contribution in [1.29, 1.82) is 0 Å². The van der Waals surface area contributed by atoms with Gasteiger partial charge in [-0.25, -0.2) is 9.89 Å². The first-order valence-electron chi connectivity index (χ1n) is 12.9. The second-order valence-corrected chi connectivity index (χ2v) is 10.8. The summed E-state index contributed by atoms with van der Waals surface area (Å²) in [5, 5.41) is 35.0. The number of carboxylic acid groups (broad SMARTS) is 1. The van der Waals surface area contributed by atoms with E-state index in [1.54, 1.807) is 57.2 Å². The van der Waals surface area contributed by atoms with Crippen LogP contribution in [0.4, 0.5) is 10.5 Å². The van der Waals surface area contributed by atoms with Crippen LogP contribution in [0.25, 0.3) is 22.9 Å². The van der Waals surface area contributed by atoms with E-state index in [2.05, 4.69) is 41.7 Å². The van der Waals surface area contributed by atoms with Crippen LogP contribution in [0.3, 0.4) is 0 Å². The van der Waals surface area contributed by atoms with E-state index in [0.717, 1.165) is 0 Å². The van der Waals surface area contributed by atoms with Crippen LogP contribution in [0.5, 0.6) is 0 Å². The molecule has 5 N–H and O–H groups in total. The molecule has 0 saturated carbocycles. The number of H-pyrrole nitrogens is 1. The number of nitrogens with zero attached hydrogens (tertiary/aromatic N) is 5. The van der Waals surface area contributed by atoms with Crippen LogP contribution in [0.2, 0.25) is 5.02 Å². The molecule has 1 atom stereocenters. The second-order valence-electron chi connectivity index (χ2n) is 10.4. The lowest BCUT2D eigenvalue weighted by Gasteiger charge is -2.22. The predicted molar refractivity (Wildman–Crippen MR) is 158 cm³/mol. The third kappa shape index (κ3) is 8.10. The molecule has 2 aromatic heterocycles. The molecule has 4 aromatic rings. The summed E-state index contributed by atoms with van der Waals surface area (Å²) in [7, 11) is 0. The SMILES string of the molecule is CC(C)(C)C(=O)NCC(NC(=O)C=Cc1cc(Cl)ccc1-n1cnnn1)c1cc(-c2ccc(NC(=O)O)cc2)c(=O)[nH]n1. The highest BCUT2D eigenvalue weighted by atomic mass is 35.5. The number of nitrogens with one attached hydrogen (secondary N) is 4. The van der Waals surface area contributed by atoms with Crippen LogP contribution >= 0.6 is 11.6 Å². The molecule has 0 fully saturated rings. The zero-order chi connectivity index (χ0) is 31.1. The molecular weight excluding hydrogens is 578 g/mol. The van der Waals surface area contributed by atoms with E-state index >= 15 is 0 Å². The summed E-state index contributed by atoms with van der Waals surface area (Å²) in [5.41, 5.74) is 1.28. The van der Waals surface area contributed by atoms with Gasteiger partial charge in [0.25, 0.3) is 5.56 Å². The van der Waals surface area contributed by atoms with E-state index in [9.17, 15) is 19.2 Å². The maximum Gasteiger partial charge on any atom is 0.409 e. The number of amides is 3. The van der Waals surface area contributed by atoms with Crippen LogP contribution in [0.15, 0.2) is 65.7 Å². The molecule has 14 nitrogen and oxygen atoms in total. The summed E-state index contributed by atoms with van der Waals surface area (Å²) < 4.78 is 1.43. The zero-order valence-electron chi connectivity index (χ0n) is 23.3. The third-order valence-corrected chi connectivity index (χ3v) is 6.33. The summed E-state index contributed by atoms with van der Waals surface area (Å²) in [6, 6.07) is 11.8. The number of hydrogen-bond donors (Lipinski definition) is 5. The number of aromatic nitrogens is 6. The van der Waals surface area contributed by atoms with Crippen LogP contribution in [0.1, 0.15) is 38.1 Å². The fourth-order valence-corrected chi connectivity index (χ4v) is 4.07. The van der Waals surface area contributed by atoms with E-state index < -0.39 is 29.0 Å². The summed E-state index contributed by atoms with van der Waals surface area (Å²) in [6.45, 7) is 5.24. The van der Waals surface area contributed by atoms with Crippen molar-refractivity contribution < 1.29 is 19.5 Å². The fraction of sp³-hybridized carbons (Fsp3) is 0.214. The summed E-state index contributed by atoms with van der Waals surface area (Å²) in [6.07, 6.45) is 3.02. The van der Waals surface area contributed by atoms with Gasteiger partial charge in [-0.05, 0) is 58.5 Å². The summed E-state index contributed by atoms with van der Waals surface area (Å²) in [5.74, 6) is -0.769. The fourth-order valence-electron chi connectivity index (χ4n) is 3.88. The zero-order valence-corrected chi connectivity index (χ0v) is 24.1. The van der Waals surface area contributed by atoms with E-state index in [0.29, 0.717) is 27.5 Å². The van der Waals surface area contributed by atoms with Crippen molar-refractivity contribution in [1.82, 2.24) is 41.0 Å².